The molecule has 0 bridgehead atoms. The lowest BCUT2D eigenvalue weighted by molar-refractivity contribution is -0.132. The molecule has 4 rings (SSSR count). The molecule has 0 radical (unpaired) electrons. The number of hydrogen-bond donors (Lipinski definition) is 0. The van der Waals surface area contributed by atoms with E-state index in [4.69, 9.17) is 0 Å². The molecule has 174 valence electrons. The Morgan fingerprint density at radius 2 is 1.71 bits per heavy atom. The van der Waals surface area contributed by atoms with Gasteiger partial charge < -0.3 is 0 Å². The number of carbonyl (C=O) groups excluding carboxylic acids is 2. The lowest BCUT2D eigenvalue weighted by Gasteiger charge is -2.58. The van der Waals surface area contributed by atoms with E-state index >= 15 is 0 Å². The summed E-state index contributed by atoms with van der Waals surface area (Å²) in [4.78, 5) is 25.0. The van der Waals surface area contributed by atoms with Crippen molar-refractivity contribution in [2.24, 2.45) is 28.6 Å². The van der Waals surface area contributed by atoms with Crippen molar-refractivity contribution in [3.63, 3.8) is 0 Å². The van der Waals surface area contributed by atoms with Gasteiger partial charge in [0.25, 0.3) is 0 Å². The van der Waals surface area contributed by atoms with E-state index in [9.17, 15) is 9.59 Å². The van der Waals surface area contributed by atoms with Gasteiger partial charge in [0, 0.05) is 35.2 Å². The first-order valence-electron chi connectivity index (χ1n) is 13.0. The van der Waals surface area contributed by atoms with Gasteiger partial charge in [0.1, 0.15) is 5.78 Å². The zero-order chi connectivity index (χ0) is 21.9. The number of allylic oxidation sites excluding steroid dienone is 1. The molecule has 0 heterocycles. The molecule has 4 aliphatic rings. The molecule has 3 fully saturated rings. The molecule has 0 unspecified atom stereocenters. The Morgan fingerprint density at radius 3 is 2.55 bits per heavy atom. The molecule has 0 amide bonds. The third kappa shape index (κ3) is 4.72. The first-order valence-corrected chi connectivity index (χ1v) is 15.5. The summed E-state index contributed by atoms with van der Waals surface area (Å²) >= 11 is 0. The molecule has 0 aromatic carbocycles. The van der Waals surface area contributed by atoms with Crippen LogP contribution in [0.1, 0.15) is 104 Å². The maximum Gasteiger partial charge on any atom is 0.155 e. The van der Waals surface area contributed by atoms with Gasteiger partial charge in [0.2, 0.25) is 0 Å². The first-order chi connectivity index (χ1) is 15.0. The summed E-state index contributed by atoms with van der Waals surface area (Å²) in [6, 6.07) is 0. The monoisotopic (exact) mass is 462 g/mol. The van der Waals surface area contributed by atoms with E-state index in [-0.39, 0.29) is 10.8 Å². The standard InChI is InChI=1S/C27H42O2S2/c1-3-4-5-6-7-8-17-30-31-19-27-16-13-21(28)18-20(27)9-10-22-23-11-12-25(29)26(23,2)15-14-24(22)27/h18,22-24H,3-17,19H2,1-2H3/t22-,23-,24-,26-,27+/m0/s1. The highest BCUT2D eigenvalue weighted by Crippen LogP contribution is 2.65. The molecule has 31 heavy (non-hydrogen) atoms. The number of carbonyl (C=O) groups is 2. The zero-order valence-corrected chi connectivity index (χ0v) is 21.4. The molecule has 3 saturated carbocycles. The third-order valence-electron chi connectivity index (χ3n) is 9.38. The second kappa shape index (κ2) is 10.4. The van der Waals surface area contributed by atoms with E-state index < -0.39 is 0 Å². The fourth-order valence-corrected chi connectivity index (χ4v) is 10.4. The van der Waals surface area contributed by atoms with Gasteiger partial charge >= 0.3 is 0 Å². The van der Waals surface area contributed by atoms with Crippen LogP contribution >= 0.6 is 21.6 Å². The van der Waals surface area contributed by atoms with Gasteiger partial charge in [-0.1, -0.05) is 73.1 Å². The van der Waals surface area contributed by atoms with E-state index in [1.807, 2.05) is 6.08 Å². The van der Waals surface area contributed by atoms with Gasteiger partial charge in [0.05, 0.1) is 0 Å². The molecule has 4 aliphatic carbocycles. The highest BCUT2D eigenvalue weighted by molar-refractivity contribution is 8.76. The molecule has 0 spiro atoms. The molecule has 0 aromatic heterocycles. The molecule has 0 N–H and O–H groups in total. The van der Waals surface area contributed by atoms with Crippen molar-refractivity contribution in [2.45, 2.75) is 104 Å². The van der Waals surface area contributed by atoms with Gasteiger partial charge in [-0.15, -0.1) is 0 Å². The predicted molar refractivity (Wildman–Crippen MR) is 134 cm³/mol. The Morgan fingerprint density at radius 1 is 0.903 bits per heavy atom. The molecule has 4 heteroatoms. The minimum Gasteiger partial charge on any atom is -0.299 e. The van der Waals surface area contributed by atoms with E-state index in [0.717, 1.165) is 38.5 Å². The van der Waals surface area contributed by atoms with Gasteiger partial charge in [-0.3, -0.25) is 9.59 Å². The zero-order valence-electron chi connectivity index (χ0n) is 19.8. The lowest BCUT2D eigenvalue weighted by atomic mass is 9.47. The van der Waals surface area contributed by atoms with E-state index in [1.54, 1.807) is 0 Å². The Hall–Kier alpha value is -0.220. The van der Waals surface area contributed by atoms with Crippen molar-refractivity contribution in [3.8, 4) is 0 Å². The number of unbranched alkanes of at least 4 members (excludes halogenated alkanes) is 5. The van der Waals surface area contributed by atoms with Crippen LogP contribution in [0, 0.1) is 28.6 Å². The number of rotatable bonds is 10. The molecule has 2 nitrogen and oxygen atoms in total. The first kappa shape index (κ1) is 23.9. The summed E-state index contributed by atoms with van der Waals surface area (Å²) in [6.07, 6.45) is 18.5. The minimum absolute atomic E-state index is 0.0479. The van der Waals surface area contributed by atoms with Crippen LogP contribution < -0.4 is 0 Å². The highest BCUT2D eigenvalue weighted by Gasteiger charge is 2.60. The Labute approximate surface area is 197 Å². The van der Waals surface area contributed by atoms with Crippen LogP contribution in [-0.4, -0.2) is 23.1 Å². The normalized spacial score (nSPS) is 37.2. The van der Waals surface area contributed by atoms with Crippen molar-refractivity contribution in [1.29, 1.82) is 0 Å². The summed E-state index contributed by atoms with van der Waals surface area (Å²) in [7, 11) is 4.15. The Balaban J connectivity index is 1.39. The second-order valence-corrected chi connectivity index (χ2v) is 13.6. The summed E-state index contributed by atoms with van der Waals surface area (Å²) in [6.45, 7) is 4.55. The third-order valence-corrected chi connectivity index (χ3v) is 12.0. The highest BCUT2D eigenvalue weighted by atomic mass is 33.1. The smallest absolute Gasteiger partial charge is 0.155 e. The van der Waals surface area contributed by atoms with Crippen molar-refractivity contribution in [1.82, 2.24) is 0 Å². The van der Waals surface area contributed by atoms with Crippen LogP contribution in [0.15, 0.2) is 11.6 Å². The Bertz CT molecular complexity index is 701. The average Bonchev–Trinajstić information content (AvgIpc) is 3.07. The molecular weight excluding hydrogens is 420 g/mol. The summed E-state index contributed by atoms with van der Waals surface area (Å²) < 4.78 is 0. The van der Waals surface area contributed by atoms with E-state index in [1.165, 1.54) is 68.4 Å². The number of ketones is 2. The fraction of sp³-hybridized carbons (Fsp3) is 0.852. The van der Waals surface area contributed by atoms with E-state index in [0.29, 0.717) is 29.3 Å². The van der Waals surface area contributed by atoms with Crippen molar-refractivity contribution in [3.05, 3.63) is 11.6 Å². The molecule has 5 atom stereocenters. The largest absolute Gasteiger partial charge is 0.299 e. The van der Waals surface area contributed by atoms with Crippen LogP contribution in [0.2, 0.25) is 0 Å². The lowest BCUT2D eigenvalue weighted by Crippen LogP contribution is -2.52. The minimum atomic E-state index is -0.0479. The summed E-state index contributed by atoms with van der Waals surface area (Å²) in [5.74, 6) is 5.29. The van der Waals surface area contributed by atoms with Crippen LogP contribution in [0.3, 0.4) is 0 Å². The van der Waals surface area contributed by atoms with Crippen LogP contribution in [0.5, 0.6) is 0 Å². The van der Waals surface area contributed by atoms with Crippen molar-refractivity contribution < 1.29 is 9.59 Å². The van der Waals surface area contributed by atoms with Crippen LogP contribution in [0.4, 0.5) is 0 Å². The van der Waals surface area contributed by atoms with Crippen molar-refractivity contribution >= 4 is 33.2 Å². The second-order valence-electron chi connectivity index (χ2n) is 11.0. The predicted octanol–water partition coefficient (Wildman–Crippen LogP) is 7.81. The van der Waals surface area contributed by atoms with Gasteiger partial charge in [-0.2, -0.15) is 0 Å². The number of Topliss-reactive ketones (excluding diaryl/α,β-unsaturated/α-hetero) is 1. The fourth-order valence-electron chi connectivity index (χ4n) is 7.55. The maximum absolute atomic E-state index is 12.7. The van der Waals surface area contributed by atoms with Crippen LogP contribution in [-0.2, 0) is 9.59 Å². The maximum atomic E-state index is 12.7. The van der Waals surface area contributed by atoms with Crippen molar-refractivity contribution in [2.75, 3.05) is 11.5 Å². The summed E-state index contributed by atoms with van der Waals surface area (Å²) in [5.41, 5.74) is 1.65. The van der Waals surface area contributed by atoms with Gasteiger partial charge in [-0.25, -0.2) is 0 Å². The molecule has 0 aromatic rings. The molecule has 0 aliphatic heterocycles. The summed E-state index contributed by atoms with van der Waals surface area (Å²) in [5, 5.41) is 0. The molecular formula is C27H42O2S2. The number of fused-ring (bicyclic) bond motifs is 5. The average molecular weight is 463 g/mol. The molecule has 0 saturated heterocycles. The van der Waals surface area contributed by atoms with E-state index in [2.05, 4.69) is 35.4 Å². The number of hydrogen-bond acceptors (Lipinski definition) is 4. The van der Waals surface area contributed by atoms with Crippen LogP contribution in [0.25, 0.3) is 0 Å². The SMILES string of the molecule is CCCCCCCCSSC[C@]12CCC(=O)C=C1CC[C@@H]1[C@@H]2CC[C@]2(C)C(=O)CC[C@@H]12. The Kier molecular flexibility index (Phi) is 8.00. The van der Waals surface area contributed by atoms with Gasteiger partial charge in [-0.05, 0) is 68.8 Å². The van der Waals surface area contributed by atoms with Gasteiger partial charge in [0.15, 0.2) is 5.78 Å². The topological polar surface area (TPSA) is 34.1 Å². The quantitative estimate of drug-likeness (QED) is 0.245.